The van der Waals surface area contributed by atoms with Gasteiger partial charge in [0, 0.05) is 16.8 Å². The summed E-state index contributed by atoms with van der Waals surface area (Å²) in [7, 11) is 0. The van der Waals surface area contributed by atoms with Crippen LogP contribution >= 0.6 is 15.9 Å². The minimum atomic E-state index is -0.167. The molecule has 0 radical (unpaired) electrons. The van der Waals surface area contributed by atoms with Crippen molar-refractivity contribution < 1.29 is 14.3 Å². The highest BCUT2D eigenvalue weighted by molar-refractivity contribution is 9.10. The molecule has 150 valence electrons. The minimum Gasteiger partial charge on any atom is -0.491 e. The lowest BCUT2D eigenvalue weighted by Gasteiger charge is -2.22. The third-order valence-corrected chi connectivity index (χ3v) is 5.35. The van der Waals surface area contributed by atoms with E-state index in [1.165, 1.54) is 0 Å². The van der Waals surface area contributed by atoms with E-state index in [0.29, 0.717) is 40.3 Å². The summed E-state index contributed by atoms with van der Waals surface area (Å²) in [5.41, 5.74) is 3.31. The standard InChI is InChI=1S/C21H25BrN2O4/c1-11(2)28-17-9-16(22)19-18(14(17)5)21(26)24(6-7-27-19)10-15-12(3)8-13(4)23-20(15)25/h8-9,11H,6-7,10H2,1-5H3,(H,23,25). The Labute approximate surface area is 173 Å². The smallest absolute Gasteiger partial charge is 0.258 e. The van der Waals surface area contributed by atoms with E-state index in [2.05, 4.69) is 20.9 Å². The maximum absolute atomic E-state index is 13.4. The number of hydrogen-bond donors (Lipinski definition) is 1. The van der Waals surface area contributed by atoms with Crippen molar-refractivity contribution in [2.45, 2.75) is 47.3 Å². The van der Waals surface area contributed by atoms with Crippen LogP contribution in [-0.4, -0.2) is 35.0 Å². The van der Waals surface area contributed by atoms with Gasteiger partial charge in [0.1, 0.15) is 18.1 Å². The predicted molar refractivity (Wildman–Crippen MR) is 111 cm³/mol. The lowest BCUT2D eigenvalue weighted by atomic mass is 10.0. The Morgan fingerprint density at radius 2 is 1.96 bits per heavy atom. The molecule has 1 aliphatic heterocycles. The van der Waals surface area contributed by atoms with E-state index >= 15 is 0 Å². The zero-order chi connectivity index (χ0) is 20.6. The number of carbonyl (C=O) groups is 1. The van der Waals surface area contributed by atoms with Crippen molar-refractivity contribution in [2.24, 2.45) is 0 Å². The quantitative estimate of drug-likeness (QED) is 0.769. The zero-order valence-corrected chi connectivity index (χ0v) is 18.4. The van der Waals surface area contributed by atoms with Crippen molar-refractivity contribution in [3.63, 3.8) is 0 Å². The molecule has 1 N–H and O–H groups in total. The SMILES string of the molecule is Cc1cc(C)c(CN2CCOc3c(Br)cc(OC(C)C)c(C)c3C2=O)c(=O)[nH]1. The first-order valence-corrected chi connectivity index (χ1v) is 10.1. The molecule has 0 bridgehead atoms. The van der Waals surface area contributed by atoms with E-state index in [-0.39, 0.29) is 24.1 Å². The number of aryl methyl sites for hydroxylation is 2. The van der Waals surface area contributed by atoms with Gasteiger partial charge in [0.25, 0.3) is 11.5 Å². The second-order valence-corrected chi connectivity index (χ2v) is 8.22. The molecule has 0 spiro atoms. The van der Waals surface area contributed by atoms with Crippen molar-refractivity contribution in [1.29, 1.82) is 0 Å². The molecule has 1 aliphatic rings. The van der Waals surface area contributed by atoms with Gasteiger partial charge in [-0.3, -0.25) is 9.59 Å². The van der Waals surface area contributed by atoms with Crippen LogP contribution in [0.1, 0.15) is 46.6 Å². The molecule has 1 amide bonds. The summed E-state index contributed by atoms with van der Waals surface area (Å²) < 4.78 is 12.4. The summed E-state index contributed by atoms with van der Waals surface area (Å²) in [5.74, 6) is 0.999. The Balaban J connectivity index is 2.03. The number of benzene rings is 1. The lowest BCUT2D eigenvalue weighted by Crippen LogP contribution is -2.35. The van der Waals surface area contributed by atoms with E-state index in [4.69, 9.17) is 9.47 Å². The molecule has 2 aromatic rings. The van der Waals surface area contributed by atoms with Gasteiger partial charge in [-0.25, -0.2) is 0 Å². The van der Waals surface area contributed by atoms with Gasteiger partial charge >= 0.3 is 0 Å². The summed E-state index contributed by atoms with van der Waals surface area (Å²) in [6, 6.07) is 3.76. The highest BCUT2D eigenvalue weighted by Crippen LogP contribution is 2.39. The second-order valence-electron chi connectivity index (χ2n) is 7.37. The lowest BCUT2D eigenvalue weighted by molar-refractivity contribution is 0.0741. The number of halogens is 1. The monoisotopic (exact) mass is 448 g/mol. The third kappa shape index (κ3) is 3.94. The zero-order valence-electron chi connectivity index (χ0n) is 16.8. The molecule has 0 atom stereocenters. The Morgan fingerprint density at radius 1 is 1.25 bits per heavy atom. The van der Waals surface area contributed by atoms with Gasteiger partial charge in [-0.2, -0.15) is 0 Å². The van der Waals surface area contributed by atoms with Crippen molar-refractivity contribution in [2.75, 3.05) is 13.2 Å². The van der Waals surface area contributed by atoms with Crippen molar-refractivity contribution >= 4 is 21.8 Å². The largest absolute Gasteiger partial charge is 0.491 e. The highest BCUT2D eigenvalue weighted by Gasteiger charge is 2.30. The van der Waals surface area contributed by atoms with Gasteiger partial charge in [0.2, 0.25) is 0 Å². The molecule has 2 heterocycles. The van der Waals surface area contributed by atoms with Gasteiger partial charge in [0.15, 0.2) is 0 Å². The summed E-state index contributed by atoms with van der Waals surface area (Å²) in [6.45, 7) is 10.5. The van der Waals surface area contributed by atoms with Gasteiger partial charge in [-0.05, 0) is 68.2 Å². The van der Waals surface area contributed by atoms with Crippen molar-refractivity contribution in [1.82, 2.24) is 9.88 Å². The number of nitrogens with zero attached hydrogens (tertiary/aromatic N) is 1. The molecule has 0 saturated heterocycles. The van der Waals surface area contributed by atoms with Crippen LogP contribution in [0.3, 0.4) is 0 Å². The summed E-state index contributed by atoms with van der Waals surface area (Å²) in [6.07, 6.45) is -0.0182. The van der Waals surface area contributed by atoms with Crippen LogP contribution in [0.25, 0.3) is 0 Å². The van der Waals surface area contributed by atoms with E-state index < -0.39 is 0 Å². The number of aromatic nitrogens is 1. The Hall–Kier alpha value is -2.28. The fourth-order valence-corrected chi connectivity index (χ4v) is 3.93. The van der Waals surface area contributed by atoms with Crippen LogP contribution in [0.4, 0.5) is 0 Å². The number of rotatable bonds is 4. The average molecular weight is 449 g/mol. The molecule has 3 rings (SSSR count). The molecule has 28 heavy (non-hydrogen) atoms. The number of hydrogen-bond acceptors (Lipinski definition) is 4. The maximum atomic E-state index is 13.4. The van der Waals surface area contributed by atoms with E-state index in [9.17, 15) is 9.59 Å². The first-order chi connectivity index (χ1) is 13.2. The number of aromatic amines is 1. The number of H-pyrrole nitrogens is 1. The Kier molecular flexibility index (Phi) is 5.84. The number of amides is 1. The molecule has 0 fully saturated rings. The second kappa shape index (κ2) is 7.99. The van der Waals surface area contributed by atoms with E-state index in [1.807, 2.05) is 46.8 Å². The Morgan fingerprint density at radius 3 is 2.61 bits per heavy atom. The van der Waals surface area contributed by atoms with Crippen molar-refractivity contribution in [3.8, 4) is 11.5 Å². The van der Waals surface area contributed by atoms with Crippen LogP contribution in [0.5, 0.6) is 11.5 Å². The fraction of sp³-hybridized carbons (Fsp3) is 0.429. The molecule has 0 unspecified atom stereocenters. The predicted octanol–water partition coefficient (Wildman–Crippen LogP) is 3.88. The number of pyridine rings is 1. The van der Waals surface area contributed by atoms with Crippen LogP contribution in [0.2, 0.25) is 0 Å². The Bertz CT molecular complexity index is 981. The van der Waals surface area contributed by atoms with Crippen LogP contribution < -0.4 is 15.0 Å². The molecule has 0 aliphatic carbocycles. The molecule has 6 nitrogen and oxygen atoms in total. The topological polar surface area (TPSA) is 71.6 Å². The van der Waals surface area contributed by atoms with Gasteiger partial charge in [-0.1, -0.05) is 0 Å². The number of ether oxygens (including phenoxy) is 2. The maximum Gasteiger partial charge on any atom is 0.258 e. The summed E-state index contributed by atoms with van der Waals surface area (Å²) >= 11 is 3.51. The number of nitrogens with one attached hydrogen (secondary N) is 1. The van der Waals surface area contributed by atoms with E-state index in [0.717, 1.165) is 16.8 Å². The van der Waals surface area contributed by atoms with Crippen LogP contribution in [0, 0.1) is 20.8 Å². The summed E-state index contributed by atoms with van der Waals surface area (Å²) in [4.78, 5) is 30.3. The number of carbonyl (C=O) groups excluding carboxylic acids is 1. The van der Waals surface area contributed by atoms with Gasteiger partial charge in [-0.15, -0.1) is 0 Å². The third-order valence-electron chi connectivity index (χ3n) is 4.76. The number of fused-ring (bicyclic) bond motifs is 1. The average Bonchev–Trinajstić information content (AvgIpc) is 2.75. The van der Waals surface area contributed by atoms with E-state index in [1.54, 1.807) is 4.90 Å². The highest BCUT2D eigenvalue weighted by atomic mass is 79.9. The molecular weight excluding hydrogens is 424 g/mol. The normalized spacial score (nSPS) is 14.0. The minimum absolute atomic E-state index is 0.0182. The molecular formula is C21H25BrN2O4. The molecule has 0 saturated carbocycles. The summed E-state index contributed by atoms with van der Waals surface area (Å²) in [5, 5.41) is 0. The van der Waals surface area contributed by atoms with Crippen molar-refractivity contribution in [3.05, 3.63) is 54.9 Å². The molecule has 1 aromatic heterocycles. The van der Waals surface area contributed by atoms with Crippen LogP contribution in [0.15, 0.2) is 21.4 Å². The van der Waals surface area contributed by atoms with Gasteiger partial charge < -0.3 is 19.4 Å². The molecule has 7 heteroatoms. The molecule has 1 aromatic carbocycles. The van der Waals surface area contributed by atoms with Gasteiger partial charge in [0.05, 0.1) is 29.2 Å². The fourth-order valence-electron chi connectivity index (χ4n) is 3.41. The van der Waals surface area contributed by atoms with Crippen LogP contribution in [-0.2, 0) is 6.54 Å². The first-order valence-electron chi connectivity index (χ1n) is 9.30. The first kappa shape index (κ1) is 20.5.